The molecular weight excluding hydrogens is 344 g/mol. The summed E-state index contributed by atoms with van der Waals surface area (Å²) in [6.45, 7) is 1.54. The lowest BCUT2D eigenvalue weighted by Gasteiger charge is -2.12. The minimum absolute atomic E-state index is 0.0491. The molecule has 2 N–H and O–H groups in total. The van der Waals surface area contributed by atoms with Crippen molar-refractivity contribution in [3.63, 3.8) is 0 Å². The molecule has 7 nitrogen and oxygen atoms in total. The second kappa shape index (κ2) is 7.89. The van der Waals surface area contributed by atoms with E-state index >= 15 is 0 Å². The average Bonchev–Trinajstić information content (AvgIpc) is 2.61. The number of rotatable bonds is 7. The van der Waals surface area contributed by atoms with Gasteiger partial charge >= 0.3 is 0 Å². The fourth-order valence-corrected chi connectivity index (χ4v) is 2.70. The molecule has 0 radical (unpaired) electrons. The summed E-state index contributed by atoms with van der Waals surface area (Å²) in [5, 5.41) is 2.74. The summed E-state index contributed by atoms with van der Waals surface area (Å²) in [6, 6.07) is 11.3. The zero-order chi connectivity index (χ0) is 18.4. The van der Waals surface area contributed by atoms with Gasteiger partial charge < -0.3 is 14.8 Å². The number of amides is 1. The van der Waals surface area contributed by atoms with E-state index in [0.29, 0.717) is 28.4 Å². The van der Waals surface area contributed by atoms with Gasteiger partial charge in [0, 0.05) is 17.3 Å². The van der Waals surface area contributed by atoms with Crippen molar-refractivity contribution in [2.75, 3.05) is 30.0 Å². The van der Waals surface area contributed by atoms with Crippen LogP contribution in [0.2, 0.25) is 0 Å². The summed E-state index contributed by atoms with van der Waals surface area (Å²) in [6.07, 6.45) is 0. The number of nitrogens with one attached hydrogen (secondary N) is 2. The fraction of sp³-hybridized carbons (Fsp3) is 0.235. The van der Waals surface area contributed by atoms with Crippen molar-refractivity contribution in [1.82, 2.24) is 0 Å². The van der Waals surface area contributed by atoms with Crippen LogP contribution >= 0.6 is 0 Å². The summed E-state index contributed by atoms with van der Waals surface area (Å²) in [5.41, 5.74) is 1.12. The largest absolute Gasteiger partial charge is 0.497 e. The third kappa shape index (κ3) is 4.87. The van der Waals surface area contributed by atoms with Gasteiger partial charge in [-0.15, -0.1) is 0 Å². The van der Waals surface area contributed by atoms with Gasteiger partial charge in [-0.05, 0) is 37.3 Å². The van der Waals surface area contributed by atoms with Crippen LogP contribution < -0.4 is 19.5 Å². The molecule has 2 aromatic carbocycles. The van der Waals surface area contributed by atoms with Crippen LogP contribution in [-0.2, 0) is 10.0 Å². The lowest BCUT2D eigenvalue weighted by Crippen LogP contribution is -2.16. The lowest BCUT2D eigenvalue weighted by atomic mass is 10.2. The Bertz CT molecular complexity index is 865. The van der Waals surface area contributed by atoms with Gasteiger partial charge in [-0.3, -0.25) is 9.52 Å². The van der Waals surface area contributed by atoms with Crippen molar-refractivity contribution in [1.29, 1.82) is 0 Å². The fourth-order valence-electron chi connectivity index (χ4n) is 2.07. The minimum Gasteiger partial charge on any atom is -0.497 e. The molecule has 0 aliphatic carbocycles. The van der Waals surface area contributed by atoms with Crippen molar-refractivity contribution in [3.05, 3.63) is 48.0 Å². The monoisotopic (exact) mass is 364 g/mol. The van der Waals surface area contributed by atoms with Gasteiger partial charge in [-0.1, -0.05) is 6.07 Å². The standard InChI is InChI=1S/C17H20N2O5S/c1-4-25(21,22)19-13-7-5-6-12(10-13)17(20)18-15-9-8-14(23-2)11-16(15)24-3/h5-11,19H,4H2,1-3H3,(H,18,20). The first-order valence-corrected chi connectivity index (χ1v) is 9.17. The molecule has 0 bridgehead atoms. The Morgan fingerprint density at radius 2 is 1.84 bits per heavy atom. The number of ether oxygens (including phenoxy) is 2. The number of carbonyl (C=O) groups is 1. The summed E-state index contributed by atoms with van der Waals surface area (Å²) < 4.78 is 36.1. The van der Waals surface area contributed by atoms with Gasteiger partial charge in [0.1, 0.15) is 11.5 Å². The Balaban J connectivity index is 2.22. The maximum Gasteiger partial charge on any atom is 0.255 e. The first kappa shape index (κ1) is 18.6. The van der Waals surface area contributed by atoms with E-state index in [0.717, 1.165) is 0 Å². The van der Waals surface area contributed by atoms with Crippen LogP contribution in [0, 0.1) is 0 Å². The topological polar surface area (TPSA) is 93.7 Å². The summed E-state index contributed by atoms with van der Waals surface area (Å²) in [7, 11) is -0.380. The van der Waals surface area contributed by atoms with Crippen LogP contribution in [0.25, 0.3) is 0 Å². The molecule has 0 saturated heterocycles. The molecule has 0 aromatic heterocycles. The molecule has 0 aliphatic heterocycles. The molecule has 1 amide bonds. The molecule has 134 valence electrons. The maximum atomic E-state index is 12.4. The van der Waals surface area contributed by atoms with Crippen molar-refractivity contribution in [2.24, 2.45) is 0 Å². The van der Waals surface area contributed by atoms with Crippen LogP contribution in [0.5, 0.6) is 11.5 Å². The summed E-state index contributed by atoms with van der Waals surface area (Å²) >= 11 is 0. The third-order valence-corrected chi connectivity index (χ3v) is 4.74. The van der Waals surface area contributed by atoms with Gasteiger partial charge in [0.25, 0.3) is 5.91 Å². The van der Waals surface area contributed by atoms with E-state index in [2.05, 4.69) is 10.0 Å². The highest BCUT2D eigenvalue weighted by atomic mass is 32.2. The Labute approximate surface area is 147 Å². The van der Waals surface area contributed by atoms with E-state index < -0.39 is 10.0 Å². The van der Waals surface area contributed by atoms with E-state index in [4.69, 9.17) is 9.47 Å². The average molecular weight is 364 g/mol. The third-order valence-electron chi connectivity index (χ3n) is 3.44. The smallest absolute Gasteiger partial charge is 0.255 e. The molecule has 0 heterocycles. The molecule has 0 fully saturated rings. The molecule has 0 saturated carbocycles. The predicted molar refractivity (Wildman–Crippen MR) is 97.0 cm³/mol. The molecule has 0 spiro atoms. The summed E-state index contributed by atoms with van der Waals surface area (Å²) in [5.74, 6) is 0.620. The molecule has 0 unspecified atom stereocenters. The highest BCUT2D eigenvalue weighted by molar-refractivity contribution is 7.92. The van der Waals surface area contributed by atoms with Gasteiger partial charge in [-0.2, -0.15) is 0 Å². The number of anilines is 2. The quantitative estimate of drug-likeness (QED) is 0.788. The number of sulfonamides is 1. The summed E-state index contributed by atoms with van der Waals surface area (Å²) in [4.78, 5) is 12.4. The first-order chi connectivity index (χ1) is 11.9. The Morgan fingerprint density at radius 1 is 1.08 bits per heavy atom. The highest BCUT2D eigenvalue weighted by Gasteiger charge is 2.13. The molecular formula is C17H20N2O5S. The SMILES string of the molecule is CCS(=O)(=O)Nc1cccc(C(=O)Nc2ccc(OC)cc2OC)c1. The van der Waals surface area contributed by atoms with Crippen LogP contribution in [-0.4, -0.2) is 34.3 Å². The maximum absolute atomic E-state index is 12.4. The van der Waals surface area contributed by atoms with Crippen molar-refractivity contribution < 1.29 is 22.7 Å². The Morgan fingerprint density at radius 3 is 2.48 bits per heavy atom. The van der Waals surface area contributed by atoms with Gasteiger partial charge in [0.05, 0.1) is 25.7 Å². The van der Waals surface area contributed by atoms with E-state index in [1.807, 2.05) is 0 Å². The second-order valence-corrected chi connectivity index (χ2v) is 7.12. The predicted octanol–water partition coefficient (Wildman–Crippen LogP) is 2.72. The number of hydrogen-bond acceptors (Lipinski definition) is 5. The van der Waals surface area contributed by atoms with E-state index in [1.54, 1.807) is 36.4 Å². The second-order valence-electron chi connectivity index (χ2n) is 5.11. The van der Waals surface area contributed by atoms with Gasteiger partial charge in [0.2, 0.25) is 10.0 Å². The van der Waals surface area contributed by atoms with Gasteiger partial charge in [0.15, 0.2) is 0 Å². The number of hydrogen-bond donors (Lipinski definition) is 2. The molecule has 8 heteroatoms. The first-order valence-electron chi connectivity index (χ1n) is 7.52. The zero-order valence-corrected chi connectivity index (χ0v) is 15.0. The Hall–Kier alpha value is -2.74. The number of benzene rings is 2. The van der Waals surface area contributed by atoms with Crippen LogP contribution in [0.1, 0.15) is 17.3 Å². The molecule has 2 rings (SSSR count). The number of carbonyl (C=O) groups excluding carboxylic acids is 1. The Kier molecular flexibility index (Phi) is 5.87. The normalized spacial score (nSPS) is 10.8. The van der Waals surface area contributed by atoms with E-state index in [9.17, 15) is 13.2 Å². The van der Waals surface area contributed by atoms with Crippen LogP contribution in [0.3, 0.4) is 0 Å². The minimum atomic E-state index is -3.41. The van der Waals surface area contributed by atoms with E-state index in [1.165, 1.54) is 27.2 Å². The zero-order valence-electron chi connectivity index (χ0n) is 14.2. The highest BCUT2D eigenvalue weighted by Crippen LogP contribution is 2.29. The lowest BCUT2D eigenvalue weighted by molar-refractivity contribution is 0.102. The molecule has 0 aliphatic rings. The van der Waals surface area contributed by atoms with Crippen molar-refractivity contribution in [3.8, 4) is 11.5 Å². The van der Waals surface area contributed by atoms with Crippen molar-refractivity contribution >= 4 is 27.3 Å². The van der Waals surface area contributed by atoms with Gasteiger partial charge in [-0.25, -0.2) is 8.42 Å². The molecule has 2 aromatic rings. The van der Waals surface area contributed by atoms with Crippen LogP contribution in [0.4, 0.5) is 11.4 Å². The molecule has 0 atom stereocenters. The number of methoxy groups -OCH3 is 2. The molecule has 25 heavy (non-hydrogen) atoms. The van der Waals surface area contributed by atoms with Crippen molar-refractivity contribution in [2.45, 2.75) is 6.92 Å². The van der Waals surface area contributed by atoms with Crippen LogP contribution in [0.15, 0.2) is 42.5 Å². The van der Waals surface area contributed by atoms with E-state index in [-0.39, 0.29) is 11.7 Å².